The molecule has 1 aromatic heterocycles. The van der Waals surface area contributed by atoms with E-state index in [0.717, 1.165) is 22.3 Å². The van der Waals surface area contributed by atoms with Crippen molar-refractivity contribution in [2.45, 2.75) is 70.2 Å². The zero-order valence-corrected chi connectivity index (χ0v) is 19.6. The van der Waals surface area contributed by atoms with Crippen molar-refractivity contribution in [1.29, 1.82) is 5.26 Å². The van der Waals surface area contributed by atoms with Crippen LogP contribution in [0.15, 0.2) is 29.6 Å². The minimum Gasteiger partial charge on any atom is -0.491 e. The summed E-state index contributed by atoms with van der Waals surface area (Å²) >= 11 is 1.65. The van der Waals surface area contributed by atoms with Gasteiger partial charge in [-0.15, -0.1) is 11.3 Å². The molecule has 4 rings (SSSR count). The number of thiophene rings is 1. The Labute approximate surface area is 192 Å². The summed E-state index contributed by atoms with van der Waals surface area (Å²) in [5.74, 6) is 0.606. The number of likely N-dealkylation sites (tertiary alicyclic amines) is 2. The molecule has 8 heteroatoms. The summed E-state index contributed by atoms with van der Waals surface area (Å²) in [5, 5.41) is 12.5. The first-order chi connectivity index (χ1) is 15.3. The van der Waals surface area contributed by atoms with E-state index < -0.39 is 23.8 Å². The van der Waals surface area contributed by atoms with E-state index in [-0.39, 0.29) is 18.6 Å². The molecule has 3 atom stereocenters. The van der Waals surface area contributed by atoms with Gasteiger partial charge in [-0.25, -0.2) is 4.79 Å². The van der Waals surface area contributed by atoms with Crippen LogP contribution < -0.4 is 4.74 Å². The van der Waals surface area contributed by atoms with E-state index in [1.165, 1.54) is 0 Å². The lowest BCUT2D eigenvalue weighted by molar-refractivity contribution is -0.136. The Morgan fingerprint density at radius 3 is 2.78 bits per heavy atom. The third-order valence-electron chi connectivity index (χ3n) is 5.96. The van der Waals surface area contributed by atoms with Crippen LogP contribution in [0.4, 0.5) is 4.79 Å². The zero-order chi connectivity index (χ0) is 22.9. The summed E-state index contributed by atoms with van der Waals surface area (Å²) in [4.78, 5) is 29.7. The smallest absolute Gasteiger partial charge is 0.411 e. The largest absolute Gasteiger partial charge is 0.491 e. The molecule has 0 bridgehead atoms. The molecule has 0 aliphatic carbocycles. The van der Waals surface area contributed by atoms with Crippen molar-refractivity contribution in [2.24, 2.45) is 0 Å². The predicted molar refractivity (Wildman–Crippen MR) is 123 cm³/mol. The van der Waals surface area contributed by atoms with Crippen LogP contribution in [-0.2, 0) is 9.53 Å². The third kappa shape index (κ3) is 4.53. The molecule has 32 heavy (non-hydrogen) atoms. The Balaban J connectivity index is 1.54. The van der Waals surface area contributed by atoms with Gasteiger partial charge >= 0.3 is 6.09 Å². The van der Waals surface area contributed by atoms with Crippen molar-refractivity contribution in [2.75, 3.05) is 13.2 Å². The molecule has 0 radical (unpaired) electrons. The molecule has 2 saturated heterocycles. The van der Waals surface area contributed by atoms with Gasteiger partial charge in [0.25, 0.3) is 0 Å². The molecule has 0 N–H and O–H groups in total. The highest BCUT2D eigenvalue weighted by Crippen LogP contribution is 2.33. The molecule has 2 fully saturated rings. The van der Waals surface area contributed by atoms with E-state index in [1.807, 2.05) is 50.4 Å². The van der Waals surface area contributed by atoms with Crippen molar-refractivity contribution in [3.8, 4) is 11.8 Å². The second-order valence-electron chi connectivity index (χ2n) is 9.35. The van der Waals surface area contributed by atoms with Gasteiger partial charge in [0.15, 0.2) is 0 Å². The van der Waals surface area contributed by atoms with E-state index >= 15 is 0 Å². The first kappa shape index (κ1) is 22.4. The molecule has 2 aliphatic heterocycles. The van der Waals surface area contributed by atoms with Gasteiger partial charge in [-0.3, -0.25) is 9.69 Å². The normalized spacial score (nSPS) is 23.4. The van der Waals surface area contributed by atoms with Crippen LogP contribution in [-0.4, -0.2) is 58.7 Å². The second kappa shape index (κ2) is 8.99. The van der Waals surface area contributed by atoms with Crippen molar-refractivity contribution in [1.82, 2.24) is 9.80 Å². The molecular weight excluding hydrogens is 426 g/mol. The topological polar surface area (TPSA) is 82.9 Å². The standard InChI is InChI=1S/C24H29N3O4S/c1-24(2,3)31-23(29)27-17(15-30-20-7-4-8-21-18(20)11-13-32-21)9-10-19(27)22(28)26-12-5-6-16(26)14-25/h4,7-8,11,13,16-17,19H,5-6,9-10,12,15H2,1-3H3/t16-,17-,19+/m0/s1. The number of hydrogen-bond donors (Lipinski definition) is 0. The van der Waals surface area contributed by atoms with E-state index in [0.29, 0.717) is 25.8 Å². The van der Waals surface area contributed by atoms with Gasteiger partial charge < -0.3 is 14.4 Å². The second-order valence-corrected chi connectivity index (χ2v) is 10.3. The van der Waals surface area contributed by atoms with Gasteiger partial charge in [-0.05, 0) is 70.0 Å². The highest BCUT2D eigenvalue weighted by molar-refractivity contribution is 7.17. The van der Waals surface area contributed by atoms with Crippen molar-refractivity contribution in [3.05, 3.63) is 29.6 Å². The Hall–Kier alpha value is -2.79. The summed E-state index contributed by atoms with van der Waals surface area (Å²) in [7, 11) is 0. The average Bonchev–Trinajstić information content (AvgIpc) is 3.49. The highest BCUT2D eigenvalue weighted by Gasteiger charge is 2.46. The molecule has 3 heterocycles. The van der Waals surface area contributed by atoms with Crippen LogP contribution >= 0.6 is 11.3 Å². The summed E-state index contributed by atoms with van der Waals surface area (Å²) in [6, 6.07) is 8.83. The van der Waals surface area contributed by atoms with Gasteiger partial charge in [0.05, 0.1) is 12.1 Å². The quantitative estimate of drug-likeness (QED) is 0.675. The van der Waals surface area contributed by atoms with Gasteiger partial charge in [-0.1, -0.05) is 6.07 Å². The van der Waals surface area contributed by atoms with Crippen LogP contribution in [0.3, 0.4) is 0 Å². The highest BCUT2D eigenvalue weighted by atomic mass is 32.1. The first-order valence-electron chi connectivity index (χ1n) is 11.1. The fourth-order valence-corrected chi connectivity index (χ4v) is 5.32. The molecule has 7 nitrogen and oxygen atoms in total. The molecule has 2 aliphatic rings. The summed E-state index contributed by atoms with van der Waals surface area (Å²) in [6.45, 7) is 6.27. The van der Waals surface area contributed by atoms with Crippen molar-refractivity contribution >= 4 is 33.4 Å². The number of nitrogens with zero attached hydrogens (tertiary/aromatic N) is 3. The Morgan fingerprint density at radius 2 is 2.03 bits per heavy atom. The van der Waals surface area contributed by atoms with E-state index in [9.17, 15) is 14.9 Å². The molecule has 2 amide bonds. The minimum absolute atomic E-state index is 0.164. The maximum atomic E-state index is 13.3. The SMILES string of the molecule is CC(C)(C)OC(=O)N1[C@H](COc2cccc3sccc23)CC[C@@H]1C(=O)N1CCC[C@H]1C#N. The van der Waals surface area contributed by atoms with Crippen LogP contribution in [0.2, 0.25) is 0 Å². The molecule has 1 aromatic carbocycles. The van der Waals surface area contributed by atoms with Crippen molar-refractivity contribution in [3.63, 3.8) is 0 Å². The minimum atomic E-state index is -0.677. The summed E-state index contributed by atoms with van der Waals surface area (Å²) in [5.41, 5.74) is -0.677. The number of carbonyl (C=O) groups is 2. The lowest BCUT2D eigenvalue weighted by Crippen LogP contribution is -2.53. The number of ether oxygens (including phenoxy) is 2. The van der Waals surface area contributed by atoms with Crippen LogP contribution in [0.5, 0.6) is 5.75 Å². The number of nitriles is 1. The van der Waals surface area contributed by atoms with Crippen LogP contribution in [0.25, 0.3) is 10.1 Å². The first-order valence-corrected chi connectivity index (χ1v) is 12.0. The lowest BCUT2D eigenvalue weighted by Gasteiger charge is -2.34. The Morgan fingerprint density at radius 1 is 1.22 bits per heavy atom. The third-order valence-corrected chi connectivity index (χ3v) is 6.85. The van der Waals surface area contributed by atoms with E-state index in [4.69, 9.17) is 9.47 Å². The van der Waals surface area contributed by atoms with Crippen molar-refractivity contribution < 1.29 is 19.1 Å². The van der Waals surface area contributed by atoms with Gasteiger partial charge in [0.2, 0.25) is 5.91 Å². The van der Waals surface area contributed by atoms with Gasteiger partial charge in [0, 0.05) is 16.6 Å². The predicted octanol–water partition coefficient (Wildman–Crippen LogP) is 4.56. The Bertz CT molecular complexity index is 1040. The maximum absolute atomic E-state index is 13.3. The molecule has 0 spiro atoms. The van der Waals surface area contributed by atoms with Gasteiger partial charge in [-0.2, -0.15) is 5.26 Å². The fourth-order valence-electron chi connectivity index (χ4n) is 4.51. The molecular formula is C24H29N3O4S. The number of benzene rings is 1. The molecule has 2 aromatic rings. The summed E-state index contributed by atoms with van der Waals surface area (Å²) in [6.07, 6.45) is 2.14. The average molecular weight is 456 g/mol. The van der Waals surface area contributed by atoms with E-state index in [2.05, 4.69) is 6.07 Å². The van der Waals surface area contributed by atoms with Crippen LogP contribution in [0, 0.1) is 11.3 Å². The number of rotatable bonds is 4. The maximum Gasteiger partial charge on any atom is 0.411 e. The summed E-state index contributed by atoms with van der Waals surface area (Å²) < 4.78 is 12.9. The van der Waals surface area contributed by atoms with Gasteiger partial charge in [0.1, 0.15) is 30.0 Å². The van der Waals surface area contributed by atoms with Crippen LogP contribution in [0.1, 0.15) is 46.5 Å². The number of hydrogen-bond acceptors (Lipinski definition) is 6. The lowest BCUT2D eigenvalue weighted by atomic mass is 10.1. The zero-order valence-electron chi connectivity index (χ0n) is 18.7. The fraction of sp³-hybridized carbons (Fsp3) is 0.542. The van der Waals surface area contributed by atoms with E-state index in [1.54, 1.807) is 21.1 Å². The number of carbonyl (C=O) groups excluding carboxylic acids is 2. The number of fused-ring (bicyclic) bond motifs is 1. The Kier molecular flexibility index (Phi) is 6.29. The monoisotopic (exact) mass is 455 g/mol. The number of amides is 2. The molecule has 0 unspecified atom stereocenters. The molecule has 170 valence electrons. The molecule has 0 saturated carbocycles.